The van der Waals surface area contributed by atoms with E-state index in [2.05, 4.69) is 5.32 Å². The number of carbonyl (C=O) groups is 1. The molecule has 2 aromatic rings. The molecule has 0 spiro atoms. The minimum absolute atomic E-state index is 0.0381. The lowest BCUT2D eigenvalue weighted by molar-refractivity contribution is 0.102. The van der Waals surface area contributed by atoms with Crippen LogP contribution in [0.2, 0.25) is 0 Å². The first-order valence-corrected chi connectivity index (χ1v) is 10.5. The number of nitrogens with zero attached hydrogens (tertiary/aromatic N) is 1. The van der Waals surface area contributed by atoms with Gasteiger partial charge in [0.2, 0.25) is 10.0 Å². The lowest BCUT2D eigenvalue weighted by Gasteiger charge is -2.30. The topological polar surface area (TPSA) is 66.5 Å². The largest absolute Gasteiger partial charge is 0.322 e. The molecular weight excluding hydrogens is 367 g/mol. The van der Waals surface area contributed by atoms with E-state index in [0.29, 0.717) is 5.69 Å². The number of halogens is 1. The van der Waals surface area contributed by atoms with Crippen molar-refractivity contribution in [1.29, 1.82) is 0 Å². The van der Waals surface area contributed by atoms with E-state index < -0.39 is 21.7 Å². The minimum atomic E-state index is -3.57. The molecule has 0 aliphatic heterocycles. The van der Waals surface area contributed by atoms with Crippen LogP contribution < -0.4 is 5.32 Å². The minimum Gasteiger partial charge on any atom is -0.322 e. The number of anilines is 1. The highest BCUT2D eigenvalue weighted by Gasteiger charge is 2.28. The van der Waals surface area contributed by atoms with Gasteiger partial charge in [0.1, 0.15) is 5.82 Å². The fourth-order valence-corrected chi connectivity index (χ4v) is 4.77. The highest BCUT2D eigenvalue weighted by Crippen LogP contribution is 2.27. The maximum Gasteiger partial charge on any atom is 0.255 e. The SMILES string of the molecule is CN(C1CCCCC1)S(=O)(=O)c1ccc(NC(=O)c2cccc(F)c2)cc1. The molecule has 7 heteroatoms. The summed E-state index contributed by atoms with van der Waals surface area (Å²) in [5.41, 5.74) is 0.646. The molecule has 0 bridgehead atoms. The molecule has 1 fully saturated rings. The van der Waals surface area contributed by atoms with E-state index in [9.17, 15) is 17.6 Å². The van der Waals surface area contributed by atoms with Gasteiger partial charge < -0.3 is 5.32 Å². The molecule has 1 saturated carbocycles. The third kappa shape index (κ3) is 4.54. The van der Waals surface area contributed by atoms with Gasteiger partial charge in [-0.2, -0.15) is 4.31 Å². The molecule has 0 heterocycles. The Morgan fingerprint density at radius 2 is 1.74 bits per heavy atom. The quantitative estimate of drug-likeness (QED) is 0.838. The predicted octanol–water partition coefficient (Wildman–Crippen LogP) is 4.03. The molecule has 144 valence electrons. The Balaban J connectivity index is 1.71. The summed E-state index contributed by atoms with van der Waals surface area (Å²) in [7, 11) is -1.94. The number of nitrogens with one attached hydrogen (secondary N) is 1. The second kappa shape index (κ2) is 8.19. The predicted molar refractivity (Wildman–Crippen MR) is 103 cm³/mol. The van der Waals surface area contributed by atoms with E-state index in [0.717, 1.165) is 38.2 Å². The van der Waals surface area contributed by atoms with Gasteiger partial charge in [-0.25, -0.2) is 12.8 Å². The molecule has 3 rings (SSSR count). The maximum absolute atomic E-state index is 13.2. The van der Waals surface area contributed by atoms with Crippen molar-refractivity contribution in [1.82, 2.24) is 4.31 Å². The van der Waals surface area contributed by atoms with Gasteiger partial charge in [-0.05, 0) is 55.3 Å². The van der Waals surface area contributed by atoms with Crippen molar-refractivity contribution in [3.63, 3.8) is 0 Å². The van der Waals surface area contributed by atoms with Gasteiger partial charge in [-0.15, -0.1) is 0 Å². The van der Waals surface area contributed by atoms with Crippen LogP contribution in [0.4, 0.5) is 10.1 Å². The van der Waals surface area contributed by atoms with Crippen LogP contribution in [0.25, 0.3) is 0 Å². The third-order valence-corrected chi connectivity index (χ3v) is 6.89. The Hall–Kier alpha value is -2.25. The van der Waals surface area contributed by atoms with E-state index in [1.54, 1.807) is 19.2 Å². The van der Waals surface area contributed by atoms with Crippen molar-refractivity contribution < 1.29 is 17.6 Å². The highest BCUT2D eigenvalue weighted by atomic mass is 32.2. The summed E-state index contributed by atoms with van der Waals surface area (Å²) in [6.45, 7) is 0. The average molecular weight is 390 g/mol. The van der Waals surface area contributed by atoms with Gasteiger partial charge in [0.25, 0.3) is 5.91 Å². The number of rotatable bonds is 5. The maximum atomic E-state index is 13.2. The summed E-state index contributed by atoms with van der Waals surface area (Å²) < 4.78 is 40.3. The van der Waals surface area contributed by atoms with Gasteiger partial charge in [0.05, 0.1) is 4.90 Å². The molecular formula is C20H23FN2O3S. The first-order chi connectivity index (χ1) is 12.9. The Kier molecular flexibility index (Phi) is 5.92. The molecule has 2 aromatic carbocycles. The van der Waals surface area contributed by atoms with Crippen LogP contribution in [0.3, 0.4) is 0 Å². The third-order valence-electron chi connectivity index (χ3n) is 4.96. The zero-order chi connectivity index (χ0) is 19.4. The fourth-order valence-electron chi connectivity index (χ4n) is 3.35. The number of benzene rings is 2. The van der Waals surface area contributed by atoms with Gasteiger partial charge >= 0.3 is 0 Å². The van der Waals surface area contributed by atoms with Crippen molar-refractivity contribution in [2.24, 2.45) is 0 Å². The summed E-state index contributed by atoms with van der Waals surface area (Å²) in [4.78, 5) is 12.4. The molecule has 0 aromatic heterocycles. The second-order valence-corrected chi connectivity index (χ2v) is 8.80. The van der Waals surface area contributed by atoms with Crippen molar-refractivity contribution in [3.05, 3.63) is 59.9 Å². The van der Waals surface area contributed by atoms with E-state index >= 15 is 0 Å². The molecule has 0 radical (unpaired) electrons. The molecule has 1 aliphatic rings. The number of sulfonamides is 1. The zero-order valence-electron chi connectivity index (χ0n) is 15.2. The van der Waals surface area contributed by atoms with E-state index in [1.165, 1.54) is 34.6 Å². The van der Waals surface area contributed by atoms with Crippen molar-refractivity contribution in [2.75, 3.05) is 12.4 Å². The van der Waals surface area contributed by atoms with Gasteiger partial charge in [-0.1, -0.05) is 25.3 Å². The van der Waals surface area contributed by atoms with Crippen molar-refractivity contribution in [2.45, 2.75) is 43.0 Å². The van der Waals surface area contributed by atoms with Crippen LogP contribution in [0.5, 0.6) is 0 Å². The smallest absolute Gasteiger partial charge is 0.255 e. The van der Waals surface area contributed by atoms with Crippen LogP contribution in [0, 0.1) is 5.82 Å². The molecule has 0 unspecified atom stereocenters. The van der Waals surface area contributed by atoms with Crippen LogP contribution in [0.15, 0.2) is 53.4 Å². The highest BCUT2D eigenvalue weighted by molar-refractivity contribution is 7.89. The fraction of sp³-hybridized carbons (Fsp3) is 0.350. The monoisotopic (exact) mass is 390 g/mol. The van der Waals surface area contributed by atoms with Crippen molar-refractivity contribution >= 4 is 21.6 Å². The summed E-state index contributed by atoms with van der Waals surface area (Å²) in [6.07, 6.45) is 5.03. The van der Waals surface area contributed by atoms with Gasteiger partial charge in [0, 0.05) is 24.3 Å². The Labute approximate surface area is 159 Å². The van der Waals surface area contributed by atoms with Crippen LogP contribution >= 0.6 is 0 Å². The lowest BCUT2D eigenvalue weighted by Crippen LogP contribution is -2.38. The molecule has 1 N–H and O–H groups in total. The van der Waals surface area contributed by atoms with E-state index in [1.807, 2.05) is 0 Å². The van der Waals surface area contributed by atoms with E-state index in [-0.39, 0.29) is 16.5 Å². The molecule has 0 saturated heterocycles. The van der Waals surface area contributed by atoms with Crippen molar-refractivity contribution in [3.8, 4) is 0 Å². The summed E-state index contributed by atoms with van der Waals surface area (Å²) in [5, 5.41) is 2.64. The van der Waals surface area contributed by atoms with Gasteiger partial charge in [-0.3, -0.25) is 4.79 Å². The molecule has 1 amide bonds. The number of carbonyl (C=O) groups excluding carboxylic acids is 1. The normalized spacial score (nSPS) is 15.7. The van der Waals surface area contributed by atoms with Gasteiger partial charge in [0.15, 0.2) is 0 Å². The number of hydrogen-bond donors (Lipinski definition) is 1. The Morgan fingerprint density at radius 1 is 1.07 bits per heavy atom. The number of amides is 1. The first-order valence-electron chi connectivity index (χ1n) is 9.03. The number of hydrogen-bond acceptors (Lipinski definition) is 3. The molecule has 27 heavy (non-hydrogen) atoms. The van der Waals surface area contributed by atoms with Crippen LogP contribution in [0.1, 0.15) is 42.5 Å². The standard InChI is InChI=1S/C20H23FN2O3S/c1-23(18-8-3-2-4-9-18)27(25,26)19-12-10-17(11-13-19)22-20(24)15-6-5-7-16(21)14-15/h5-7,10-14,18H,2-4,8-9H2,1H3,(H,22,24). The first kappa shape index (κ1) is 19.5. The van der Waals surface area contributed by atoms with Crippen LogP contribution in [-0.4, -0.2) is 31.7 Å². The molecule has 5 nitrogen and oxygen atoms in total. The summed E-state index contributed by atoms with van der Waals surface area (Å²) >= 11 is 0. The zero-order valence-corrected chi connectivity index (χ0v) is 16.0. The molecule has 1 aliphatic carbocycles. The van der Waals surface area contributed by atoms with E-state index in [4.69, 9.17) is 0 Å². The summed E-state index contributed by atoms with van der Waals surface area (Å²) in [6, 6.07) is 11.5. The average Bonchev–Trinajstić information content (AvgIpc) is 2.68. The Morgan fingerprint density at radius 3 is 2.37 bits per heavy atom. The second-order valence-electron chi connectivity index (χ2n) is 6.80. The molecule has 0 atom stereocenters. The van der Waals surface area contributed by atoms with Crippen LogP contribution in [-0.2, 0) is 10.0 Å². The summed E-state index contributed by atoms with van der Waals surface area (Å²) in [5.74, 6) is -0.945. The Bertz CT molecular complexity index is 907. The lowest BCUT2D eigenvalue weighted by atomic mass is 9.96.